The van der Waals surface area contributed by atoms with Gasteiger partial charge in [-0.2, -0.15) is 0 Å². The van der Waals surface area contributed by atoms with Crippen LogP contribution < -0.4 is 10.0 Å². The standard InChI is InChI=1S/C14H24N2O2S/c17-19(18,8-9-2-1-5-15-7-9)16-14-12-10-3-4-11(6-10)13(12)14/h9-16H,1-8H2. The molecule has 0 spiro atoms. The quantitative estimate of drug-likeness (QED) is 0.808. The lowest BCUT2D eigenvalue weighted by atomic mass is 10.0. The summed E-state index contributed by atoms with van der Waals surface area (Å²) in [5.74, 6) is 3.68. The Morgan fingerprint density at radius 2 is 1.84 bits per heavy atom. The third-order valence-electron chi connectivity index (χ3n) is 5.91. The Morgan fingerprint density at radius 1 is 1.11 bits per heavy atom. The lowest BCUT2D eigenvalue weighted by Gasteiger charge is -2.23. The second-order valence-electron chi connectivity index (χ2n) is 7.13. The summed E-state index contributed by atoms with van der Waals surface area (Å²) in [7, 11) is -3.07. The smallest absolute Gasteiger partial charge is 0.212 e. The van der Waals surface area contributed by atoms with Gasteiger partial charge < -0.3 is 5.32 Å². The minimum Gasteiger partial charge on any atom is -0.316 e. The molecule has 4 aliphatic rings. The zero-order valence-electron chi connectivity index (χ0n) is 11.3. The Kier molecular flexibility index (Phi) is 2.94. The average molecular weight is 284 g/mol. The van der Waals surface area contributed by atoms with E-state index in [1.165, 1.54) is 19.3 Å². The van der Waals surface area contributed by atoms with Crippen LogP contribution in [0.5, 0.6) is 0 Å². The van der Waals surface area contributed by atoms with Crippen molar-refractivity contribution < 1.29 is 8.42 Å². The SMILES string of the molecule is O=S(=O)(CC1CCCNC1)NC1C2C3CCC(C3)C12. The molecule has 2 bridgehead atoms. The molecule has 5 atom stereocenters. The van der Waals surface area contributed by atoms with Crippen LogP contribution >= 0.6 is 0 Å². The molecule has 4 rings (SSSR count). The van der Waals surface area contributed by atoms with Gasteiger partial charge in [-0.1, -0.05) is 0 Å². The summed E-state index contributed by atoms with van der Waals surface area (Å²) in [5, 5.41) is 3.30. The molecular weight excluding hydrogens is 260 g/mol. The van der Waals surface area contributed by atoms with Gasteiger partial charge in [-0.05, 0) is 74.8 Å². The first kappa shape index (κ1) is 12.6. The average Bonchev–Trinajstić information content (AvgIpc) is 2.78. The predicted molar refractivity (Wildman–Crippen MR) is 74.1 cm³/mol. The molecule has 1 saturated heterocycles. The summed E-state index contributed by atoms with van der Waals surface area (Å²) < 4.78 is 27.6. The van der Waals surface area contributed by atoms with E-state index in [-0.39, 0.29) is 0 Å². The molecule has 0 radical (unpaired) electrons. The molecule has 2 N–H and O–H groups in total. The second-order valence-corrected chi connectivity index (χ2v) is 8.92. The van der Waals surface area contributed by atoms with Gasteiger partial charge in [-0.3, -0.25) is 0 Å². The predicted octanol–water partition coefficient (Wildman–Crippen LogP) is 0.950. The van der Waals surface area contributed by atoms with E-state index in [1.807, 2.05) is 0 Å². The zero-order valence-corrected chi connectivity index (χ0v) is 12.2. The van der Waals surface area contributed by atoms with Crippen molar-refractivity contribution in [1.82, 2.24) is 10.0 Å². The van der Waals surface area contributed by atoms with E-state index in [2.05, 4.69) is 10.0 Å². The zero-order chi connectivity index (χ0) is 13.0. The van der Waals surface area contributed by atoms with Gasteiger partial charge in [0.1, 0.15) is 0 Å². The molecular formula is C14H24N2O2S. The summed E-state index contributed by atoms with van der Waals surface area (Å²) in [4.78, 5) is 0. The van der Waals surface area contributed by atoms with Crippen LogP contribution in [0.1, 0.15) is 32.1 Å². The highest BCUT2D eigenvalue weighted by molar-refractivity contribution is 7.89. The monoisotopic (exact) mass is 284 g/mol. The molecule has 5 heteroatoms. The van der Waals surface area contributed by atoms with Gasteiger partial charge in [0, 0.05) is 6.04 Å². The van der Waals surface area contributed by atoms with Gasteiger partial charge in [0.05, 0.1) is 5.75 Å². The van der Waals surface area contributed by atoms with Crippen molar-refractivity contribution in [3.05, 3.63) is 0 Å². The number of fused-ring (bicyclic) bond motifs is 5. The second kappa shape index (κ2) is 4.43. The molecule has 3 aliphatic carbocycles. The highest BCUT2D eigenvalue weighted by Crippen LogP contribution is 2.65. The summed E-state index contributed by atoms with van der Waals surface area (Å²) in [6, 6.07) is 0.299. The highest BCUT2D eigenvalue weighted by atomic mass is 32.2. The lowest BCUT2D eigenvalue weighted by molar-refractivity contribution is 0.401. The van der Waals surface area contributed by atoms with Crippen molar-refractivity contribution in [2.24, 2.45) is 29.6 Å². The van der Waals surface area contributed by atoms with Gasteiger partial charge in [0.2, 0.25) is 10.0 Å². The van der Waals surface area contributed by atoms with E-state index in [1.54, 1.807) is 0 Å². The Balaban J connectivity index is 1.35. The van der Waals surface area contributed by atoms with Gasteiger partial charge >= 0.3 is 0 Å². The van der Waals surface area contributed by atoms with Crippen LogP contribution in [-0.2, 0) is 10.0 Å². The minimum atomic E-state index is -3.07. The molecule has 108 valence electrons. The van der Waals surface area contributed by atoms with E-state index in [4.69, 9.17) is 0 Å². The van der Waals surface area contributed by atoms with E-state index >= 15 is 0 Å². The van der Waals surface area contributed by atoms with E-state index in [0.717, 1.165) is 37.8 Å². The van der Waals surface area contributed by atoms with Crippen molar-refractivity contribution in [2.45, 2.75) is 38.1 Å². The summed E-state index contributed by atoms with van der Waals surface area (Å²) in [5.41, 5.74) is 0. The van der Waals surface area contributed by atoms with Crippen LogP contribution in [0.3, 0.4) is 0 Å². The Hall–Kier alpha value is -0.130. The highest BCUT2D eigenvalue weighted by Gasteiger charge is 2.65. The van der Waals surface area contributed by atoms with E-state index in [9.17, 15) is 8.42 Å². The molecule has 4 fully saturated rings. The van der Waals surface area contributed by atoms with Crippen molar-refractivity contribution >= 4 is 10.0 Å². The van der Waals surface area contributed by atoms with E-state index < -0.39 is 10.0 Å². The first-order chi connectivity index (χ1) is 9.14. The number of sulfonamides is 1. The van der Waals surface area contributed by atoms with Crippen LogP contribution in [-0.4, -0.2) is 33.3 Å². The summed E-state index contributed by atoms with van der Waals surface area (Å²) in [6.45, 7) is 1.91. The minimum absolute atomic E-state index is 0.299. The van der Waals surface area contributed by atoms with Gasteiger partial charge in [-0.15, -0.1) is 0 Å². The third kappa shape index (κ3) is 2.24. The maximum absolute atomic E-state index is 12.3. The van der Waals surface area contributed by atoms with E-state index in [0.29, 0.717) is 29.5 Å². The van der Waals surface area contributed by atoms with Crippen molar-refractivity contribution in [3.8, 4) is 0 Å². The normalized spacial score (nSPS) is 48.2. The summed E-state index contributed by atoms with van der Waals surface area (Å²) >= 11 is 0. The van der Waals surface area contributed by atoms with Crippen molar-refractivity contribution in [1.29, 1.82) is 0 Å². The van der Waals surface area contributed by atoms with Crippen molar-refractivity contribution in [2.75, 3.05) is 18.8 Å². The number of piperidine rings is 1. The van der Waals surface area contributed by atoms with Crippen molar-refractivity contribution in [3.63, 3.8) is 0 Å². The first-order valence-corrected chi connectivity index (χ1v) is 9.50. The Bertz CT molecular complexity index is 442. The Labute approximate surface area is 115 Å². The van der Waals surface area contributed by atoms with Gasteiger partial charge in [-0.25, -0.2) is 13.1 Å². The number of nitrogens with one attached hydrogen (secondary N) is 2. The largest absolute Gasteiger partial charge is 0.316 e. The van der Waals surface area contributed by atoms with Gasteiger partial charge in [0.15, 0.2) is 0 Å². The first-order valence-electron chi connectivity index (χ1n) is 7.85. The molecule has 3 saturated carbocycles. The lowest BCUT2D eigenvalue weighted by Crippen LogP contribution is -2.39. The molecule has 1 heterocycles. The van der Waals surface area contributed by atoms with Gasteiger partial charge in [0.25, 0.3) is 0 Å². The third-order valence-corrected chi connectivity index (χ3v) is 7.45. The number of hydrogen-bond acceptors (Lipinski definition) is 3. The fraction of sp³-hybridized carbons (Fsp3) is 1.00. The molecule has 0 amide bonds. The molecule has 1 aliphatic heterocycles. The van der Waals surface area contributed by atoms with Crippen LogP contribution in [0, 0.1) is 29.6 Å². The molecule has 4 nitrogen and oxygen atoms in total. The fourth-order valence-electron chi connectivity index (χ4n) is 5.12. The topological polar surface area (TPSA) is 58.2 Å². The molecule has 0 aromatic rings. The maximum Gasteiger partial charge on any atom is 0.212 e. The summed E-state index contributed by atoms with van der Waals surface area (Å²) in [6.07, 6.45) is 6.23. The maximum atomic E-state index is 12.3. The molecule has 0 aromatic heterocycles. The van der Waals surface area contributed by atoms with Crippen LogP contribution in [0.25, 0.3) is 0 Å². The van der Waals surface area contributed by atoms with Crippen LogP contribution in [0.15, 0.2) is 0 Å². The number of rotatable bonds is 4. The molecule has 19 heavy (non-hydrogen) atoms. The Morgan fingerprint density at radius 3 is 2.47 bits per heavy atom. The number of hydrogen-bond donors (Lipinski definition) is 2. The van der Waals surface area contributed by atoms with Crippen LogP contribution in [0.2, 0.25) is 0 Å². The molecule has 0 aromatic carbocycles. The molecule has 5 unspecified atom stereocenters. The van der Waals surface area contributed by atoms with Crippen LogP contribution in [0.4, 0.5) is 0 Å². The fourth-order valence-corrected chi connectivity index (χ4v) is 6.85.